The third-order valence-corrected chi connectivity index (χ3v) is 7.61. The van der Waals surface area contributed by atoms with Gasteiger partial charge in [0.05, 0.1) is 0 Å². The number of nitrogens with two attached hydrogens (primary N) is 1. The first-order chi connectivity index (χ1) is 10.2. The predicted molar refractivity (Wildman–Crippen MR) is 88.9 cm³/mol. The van der Waals surface area contributed by atoms with Gasteiger partial charge in [0.2, 0.25) is 0 Å². The van der Waals surface area contributed by atoms with Crippen molar-refractivity contribution in [3.63, 3.8) is 0 Å². The molecular formula is C15H15BrN4Se. The second kappa shape index (κ2) is 5.29. The molecule has 3 aliphatic heterocycles. The zero-order chi connectivity index (χ0) is 14.4. The first kappa shape index (κ1) is 13.6. The third kappa shape index (κ3) is 2.27. The normalized spacial score (nSPS) is 27.5. The first-order valence-corrected chi connectivity index (χ1v) is 9.55. The van der Waals surface area contributed by atoms with E-state index in [4.69, 9.17) is 5.73 Å². The summed E-state index contributed by atoms with van der Waals surface area (Å²) in [6, 6.07) is 8.96. The van der Waals surface area contributed by atoms with E-state index in [0.29, 0.717) is 31.6 Å². The number of allylic oxidation sites excluding steroid dienone is 1. The Kier molecular flexibility index (Phi) is 3.42. The molecule has 108 valence electrons. The molecule has 4 N–H and O–H groups in total. The molecular weight excluding hydrogens is 395 g/mol. The number of benzene rings is 1. The van der Waals surface area contributed by atoms with E-state index in [-0.39, 0.29) is 0 Å². The summed E-state index contributed by atoms with van der Waals surface area (Å²) in [5.41, 5.74) is 10.2. The Hall–Kier alpha value is -1.07. The van der Waals surface area contributed by atoms with E-state index in [9.17, 15) is 0 Å². The van der Waals surface area contributed by atoms with Gasteiger partial charge in [0.15, 0.2) is 0 Å². The van der Waals surface area contributed by atoms with Gasteiger partial charge < -0.3 is 0 Å². The van der Waals surface area contributed by atoms with E-state index in [1.165, 1.54) is 21.3 Å². The van der Waals surface area contributed by atoms with E-state index in [0.717, 1.165) is 17.4 Å². The van der Waals surface area contributed by atoms with Crippen LogP contribution in [0.2, 0.25) is 4.82 Å². The van der Waals surface area contributed by atoms with Crippen LogP contribution in [-0.2, 0) is 0 Å². The Labute approximate surface area is 138 Å². The fourth-order valence-electron chi connectivity index (χ4n) is 3.12. The van der Waals surface area contributed by atoms with Gasteiger partial charge in [0.25, 0.3) is 0 Å². The second-order valence-electron chi connectivity index (χ2n) is 5.29. The minimum atomic E-state index is 0.319. The molecule has 3 aliphatic rings. The van der Waals surface area contributed by atoms with Crippen molar-refractivity contribution in [3.8, 4) is 0 Å². The summed E-state index contributed by atoms with van der Waals surface area (Å²) < 4.78 is 2.37. The monoisotopic (exact) mass is 410 g/mol. The molecule has 3 heterocycles. The zero-order valence-corrected chi connectivity index (χ0v) is 14.6. The van der Waals surface area contributed by atoms with Crippen molar-refractivity contribution in [2.24, 2.45) is 10.7 Å². The topological polar surface area (TPSA) is 62.4 Å². The summed E-state index contributed by atoms with van der Waals surface area (Å²) >= 11 is 3.89. The number of halogens is 1. The quantitative estimate of drug-likeness (QED) is 0.621. The molecule has 0 spiro atoms. The van der Waals surface area contributed by atoms with Crippen LogP contribution in [0.15, 0.2) is 55.3 Å². The predicted octanol–water partition coefficient (Wildman–Crippen LogP) is 2.00. The molecule has 0 saturated carbocycles. The van der Waals surface area contributed by atoms with Crippen LogP contribution < -0.4 is 16.4 Å². The maximum atomic E-state index is 6.08. The number of piperidine rings is 1. The Morgan fingerprint density at radius 3 is 3.14 bits per heavy atom. The summed E-state index contributed by atoms with van der Waals surface area (Å²) in [6.07, 6.45) is 2.81. The first-order valence-electron chi connectivity index (χ1n) is 6.92. The van der Waals surface area contributed by atoms with Gasteiger partial charge >= 0.3 is 138 Å². The van der Waals surface area contributed by atoms with E-state index < -0.39 is 0 Å². The van der Waals surface area contributed by atoms with Crippen LogP contribution in [0.25, 0.3) is 0 Å². The molecule has 0 aliphatic carbocycles. The number of fused-ring (bicyclic) bond motifs is 2. The molecule has 0 amide bonds. The van der Waals surface area contributed by atoms with Gasteiger partial charge in [-0.3, -0.25) is 0 Å². The number of hydrogen-bond donors (Lipinski definition) is 3. The maximum absolute atomic E-state index is 6.08. The summed E-state index contributed by atoms with van der Waals surface area (Å²) in [5.74, 6) is 0.693. The van der Waals surface area contributed by atoms with Gasteiger partial charge in [-0.1, -0.05) is 0 Å². The van der Waals surface area contributed by atoms with Gasteiger partial charge in [0, 0.05) is 0 Å². The van der Waals surface area contributed by atoms with Crippen molar-refractivity contribution in [3.05, 3.63) is 55.9 Å². The molecule has 0 aromatic heterocycles. The number of nitrogens with one attached hydrogen (secondary N) is 2. The van der Waals surface area contributed by atoms with Gasteiger partial charge in [-0.25, -0.2) is 0 Å². The molecule has 21 heavy (non-hydrogen) atoms. The zero-order valence-electron chi connectivity index (χ0n) is 11.3. The number of rotatable bonds is 1. The van der Waals surface area contributed by atoms with Gasteiger partial charge in [-0.15, -0.1) is 0 Å². The van der Waals surface area contributed by atoms with Gasteiger partial charge in [-0.05, 0) is 0 Å². The van der Waals surface area contributed by atoms with Crippen LogP contribution in [0.3, 0.4) is 0 Å². The Balaban J connectivity index is 1.75. The molecule has 2 atom stereocenters. The SMILES string of the molecule is NC1=C2[Se]C3C(=C2NC=N1)CCNC3c1cccc(Br)c1. The fourth-order valence-corrected chi connectivity index (χ4v) is 6.68. The van der Waals surface area contributed by atoms with Crippen molar-refractivity contribution in [2.45, 2.75) is 17.3 Å². The summed E-state index contributed by atoms with van der Waals surface area (Å²) in [5, 5.41) is 7.01. The number of hydrogen-bond acceptors (Lipinski definition) is 4. The van der Waals surface area contributed by atoms with Crippen LogP contribution in [0.4, 0.5) is 0 Å². The molecule has 1 aromatic carbocycles. The molecule has 0 radical (unpaired) electrons. The van der Waals surface area contributed by atoms with Crippen molar-refractivity contribution >= 4 is 37.2 Å². The number of aliphatic imine (C=N–C) groups is 1. The van der Waals surface area contributed by atoms with Crippen LogP contribution >= 0.6 is 15.9 Å². The van der Waals surface area contributed by atoms with E-state index >= 15 is 0 Å². The van der Waals surface area contributed by atoms with E-state index in [1.807, 2.05) is 0 Å². The van der Waals surface area contributed by atoms with Crippen LogP contribution in [0.1, 0.15) is 18.0 Å². The number of nitrogens with zero attached hydrogens (tertiary/aromatic N) is 1. The van der Waals surface area contributed by atoms with Gasteiger partial charge in [-0.2, -0.15) is 0 Å². The third-order valence-electron chi connectivity index (χ3n) is 4.05. The average Bonchev–Trinajstić information content (AvgIpc) is 2.87. The van der Waals surface area contributed by atoms with E-state index in [1.54, 1.807) is 6.34 Å². The van der Waals surface area contributed by atoms with Crippen molar-refractivity contribution < 1.29 is 0 Å². The summed E-state index contributed by atoms with van der Waals surface area (Å²) in [7, 11) is 0. The van der Waals surface area contributed by atoms with Crippen LogP contribution in [0.5, 0.6) is 0 Å². The summed E-state index contributed by atoms with van der Waals surface area (Å²) in [6.45, 7) is 1.01. The molecule has 1 aromatic rings. The molecule has 4 rings (SSSR count). The van der Waals surface area contributed by atoms with Crippen molar-refractivity contribution in [1.82, 2.24) is 10.6 Å². The molecule has 4 nitrogen and oxygen atoms in total. The second-order valence-corrected chi connectivity index (χ2v) is 8.62. The standard InChI is InChI=1S/C15H15BrN4Se/c16-9-3-1-2-8(6-9)11-13-10(4-5-18-11)12-14(21-13)15(17)20-7-19-12/h1-3,6-7,11,13,18H,4-5,17H2,(H,19,20). The molecule has 6 heteroatoms. The molecule has 0 bridgehead atoms. The van der Waals surface area contributed by atoms with Gasteiger partial charge in [0.1, 0.15) is 0 Å². The summed E-state index contributed by atoms with van der Waals surface area (Å²) in [4.78, 5) is 4.74. The Bertz CT molecular complexity index is 695. The molecule has 1 saturated heterocycles. The Morgan fingerprint density at radius 2 is 2.29 bits per heavy atom. The fraction of sp³-hybridized carbons (Fsp3) is 0.267. The molecule has 2 unspecified atom stereocenters. The minimum absolute atomic E-state index is 0.319. The van der Waals surface area contributed by atoms with Crippen LogP contribution in [0, 0.1) is 0 Å². The van der Waals surface area contributed by atoms with Crippen molar-refractivity contribution in [2.75, 3.05) is 6.54 Å². The molecule has 1 fully saturated rings. The van der Waals surface area contributed by atoms with E-state index in [2.05, 4.69) is 55.8 Å². The van der Waals surface area contributed by atoms with Crippen molar-refractivity contribution in [1.29, 1.82) is 0 Å². The Morgan fingerprint density at radius 1 is 1.38 bits per heavy atom. The van der Waals surface area contributed by atoms with Crippen LogP contribution in [-0.4, -0.2) is 27.8 Å². The average molecular weight is 410 g/mol.